The zero-order chi connectivity index (χ0) is 22.7. The SMILES string of the molecule is CC(=O)CC(=O)N(CCn1cnc2c1c(=O)n(C)c(=O)n2C)C(C)Cc1ccccc1. The Hall–Kier alpha value is -3.49. The van der Waals surface area contributed by atoms with Gasteiger partial charge in [-0.25, -0.2) is 9.78 Å². The molecule has 0 fully saturated rings. The monoisotopic (exact) mass is 425 g/mol. The maximum Gasteiger partial charge on any atom is 0.332 e. The Labute approximate surface area is 179 Å². The lowest BCUT2D eigenvalue weighted by molar-refractivity contribution is -0.136. The molecule has 2 aromatic heterocycles. The molecule has 2 heterocycles. The second-order valence-corrected chi connectivity index (χ2v) is 7.82. The second-order valence-electron chi connectivity index (χ2n) is 7.82. The Bertz CT molecular complexity index is 1220. The van der Waals surface area contributed by atoms with Crippen molar-refractivity contribution in [3.63, 3.8) is 0 Å². The third kappa shape index (κ3) is 4.65. The fourth-order valence-corrected chi connectivity index (χ4v) is 3.75. The van der Waals surface area contributed by atoms with E-state index in [9.17, 15) is 19.2 Å². The van der Waals surface area contributed by atoms with Crippen LogP contribution in [0.15, 0.2) is 46.2 Å². The number of benzene rings is 1. The van der Waals surface area contributed by atoms with Crippen LogP contribution < -0.4 is 11.2 Å². The molecule has 3 aromatic rings. The summed E-state index contributed by atoms with van der Waals surface area (Å²) >= 11 is 0. The average molecular weight is 425 g/mol. The first-order chi connectivity index (χ1) is 14.7. The highest BCUT2D eigenvalue weighted by Crippen LogP contribution is 2.12. The summed E-state index contributed by atoms with van der Waals surface area (Å²) in [5.41, 5.74) is 0.811. The number of amides is 1. The standard InChI is InChI=1S/C22H27N5O4/c1-15(12-17-8-6-5-7-9-17)27(18(29)13-16(2)28)11-10-26-14-23-20-19(26)21(30)25(4)22(31)24(20)3/h5-9,14-15H,10-13H2,1-4H3. The third-order valence-corrected chi connectivity index (χ3v) is 5.43. The maximum absolute atomic E-state index is 12.8. The molecule has 1 aromatic carbocycles. The van der Waals surface area contributed by atoms with Crippen LogP contribution >= 0.6 is 0 Å². The molecule has 0 aliphatic carbocycles. The van der Waals surface area contributed by atoms with Gasteiger partial charge in [0.05, 0.1) is 12.7 Å². The summed E-state index contributed by atoms with van der Waals surface area (Å²) < 4.78 is 4.02. The number of carbonyl (C=O) groups is 2. The van der Waals surface area contributed by atoms with E-state index >= 15 is 0 Å². The van der Waals surface area contributed by atoms with Gasteiger partial charge in [-0.1, -0.05) is 30.3 Å². The van der Waals surface area contributed by atoms with Gasteiger partial charge in [0, 0.05) is 33.2 Å². The Kier molecular flexibility index (Phi) is 6.53. The van der Waals surface area contributed by atoms with Crippen molar-refractivity contribution in [2.24, 2.45) is 14.1 Å². The zero-order valence-electron chi connectivity index (χ0n) is 18.2. The quantitative estimate of drug-likeness (QED) is 0.499. The van der Waals surface area contributed by atoms with Crippen LogP contribution in [0.5, 0.6) is 0 Å². The van der Waals surface area contributed by atoms with Crippen LogP contribution in [0, 0.1) is 0 Å². The normalized spacial score (nSPS) is 12.1. The predicted octanol–water partition coefficient (Wildman–Crippen LogP) is 0.873. The van der Waals surface area contributed by atoms with Gasteiger partial charge in [-0.05, 0) is 25.8 Å². The first-order valence-corrected chi connectivity index (χ1v) is 10.1. The fourth-order valence-electron chi connectivity index (χ4n) is 3.75. The number of aryl methyl sites for hydroxylation is 1. The van der Waals surface area contributed by atoms with Gasteiger partial charge >= 0.3 is 5.69 Å². The van der Waals surface area contributed by atoms with Crippen LogP contribution in [0.4, 0.5) is 0 Å². The highest BCUT2D eigenvalue weighted by atomic mass is 16.2. The molecule has 9 heteroatoms. The van der Waals surface area contributed by atoms with Crippen molar-refractivity contribution in [2.45, 2.75) is 39.3 Å². The summed E-state index contributed by atoms with van der Waals surface area (Å²) in [7, 11) is 2.98. The Morgan fingerprint density at radius 2 is 1.77 bits per heavy atom. The van der Waals surface area contributed by atoms with Crippen molar-refractivity contribution in [3.05, 3.63) is 63.1 Å². The van der Waals surface area contributed by atoms with E-state index in [-0.39, 0.29) is 24.2 Å². The number of carbonyl (C=O) groups excluding carboxylic acids is 2. The molecule has 164 valence electrons. The first kappa shape index (κ1) is 22.2. The predicted molar refractivity (Wildman–Crippen MR) is 117 cm³/mol. The number of rotatable bonds is 8. The summed E-state index contributed by atoms with van der Waals surface area (Å²) in [5, 5.41) is 0. The van der Waals surface area contributed by atoms with Crippen LogP contribution in [-0.4, -0.2) is 47.9 Å². The molecule has 0 radical (unpaired) electrons. The molecule has 1 atom stereocenters. The van der Waals surface area contributed by atoms with Gasteiger partial charge in [0.1, 0.15) is 5.78 Å². The minimum Gasteiger partial charge on any atom is -0.337 e. The first-order valence-electron chi connectivity index (χ1n) is 10.1. The van der Waals surface area contributed by atoms with Crippen LogP contribution in [0.2, 0.25) is 0 Å². The minimum absolute atomic E-state index is 0.142. The summed E-state index contributed by atoms with van der Waals surface area (Å²) in [6.45, 7) is 3.95. The van der Waals surface area contributed by atoms with Gasteiger partial charge in [-0.2, -0.15) is 0 Å². The summed E-state index contributed by atoms with van der Waals surface area (Å²) in [6, 6.07) is 9.68. The van der Waals surface area contributed by atoms with Crippen molar-refractivity contribution >= 4 is 22.9 Å². The highest BCUT2D eigenvalue weighted by Gasteiger charge is 2.22. The van der Waals surface area contributed by atoms with Gasteiger partial charge in [-0.15, -0.1) is 0 Å². The van der Waals surface area contributed by atoms with Gasteiger partial charge < -0.3 is 9.47 Å². The highest BCUT2D eigenvalue weighted by molar-refractivity contribution is 5.96. The lowest BCUT2D eigenvalue weighted by Crippen LogP contribution is -2.42. The Balaban J connectivity index is 1.88. The maximum atomic E-state index is 12.8. The smallest absolute Gasteiger partial charge is 0.332 e. The number of Topliss-reactive ketones (excluding diaryl/α,β-unsaturated/α-hetero) is 1. The van der Waals surface area contributed by atoms with Gasteiger partial charge in [0.25, 0.3) is 5.56 Å². The lowest BCUT2D eigenvalue weighted by Gasteiger charge is -2.29. The van der Waals surface area contributed by atoms with Crippen molar-refractivity contribution in [1.29, 1.82) is 0 Å². The molecule has 0 saturated heterocycles. The van der Waals surface area contributed by atoms with Crippen molar-refractivity contribution in [2.75, 3.05) is 6.54 Å². The van der Waals surface area contributed by atoms with E-state index in [1.165, 1.54) is 24.9 Å². The summed E-state index contributed by atoms with van der Waals surface area (Å²) in [6.07, 6.45) is 1.98. The molecule has 0 spiro atoms. The molecule has 1 unspecified atom stereocenters. The molecule has 0 bridgehead atoms. The van der Waals surface area contributed by atoms with Gasteiger partial charge in [-0.3, -0.25) is 23.5 Å². The average Bonchev–Trinajstić information content (AvgIpc) is 3.15. The Morgan fingerprint density at radius 3 is 2.42 bits per heavy atom. The number of hydrogen-bond acceptors (Lipinski definition) is 5. The number of aromatic nitrogens is 4. The topological polar surface area (TPSA) is 99.2 Å². The molecule has 1 amide bonds. The van der Waals surface area contributed by atoms with Crippen LogP contribution in [-0.2, 0) is 36.6 Å². The molecule has 0 N–H and O–H groups in total. The van der Waals surface area contributed by atoms with Crippen LogP contribution in [0.3, 0.4) is 0 Å². The van der Waals surface area contributed by atoms with E-state index in [1.807, 2.05) is 37.3 Å². The molecule has 31 heavy (non-hydrogen) atoms. The van der Waals surface area contributed by atoms with Crippen LogP contribution in [0.25, 0.3) is 11.2 Å². The minimum atomic E-state index is -0.447. The molecule has 0 aliphatic rings. The molecular weight excluding hydrogens is 398 g/mol. The molecule has 0 aliphatic heterocycles. The number of hydrogen-bond donors (Lipinski definition) is 0. The van der Waals surface area contributed by atoms with E-state index in [1.54, 1.807) is 16.5 Å². The van der Waals surface area contributed by atoms with Crippen LogP contribution in [0.1, 0.15) is 25.8 Å². The number of imidazole rings is 1. The van der Waals surface area contributed by atoms with E-state index in [2.05, 4.69) is 4.98 Å². The third-order valence-electron chi connectivity index (χ3n) is 5.43. The largest absolute Gasteiger partial charge is 0.337 e. The summed E-state index contributed by atoms with van der Waals surface area (Å²) in [5.74, 6) is -0.445. The van der Waals surface area contributed by atoms with Gasteiger partial charge in [0.15, 0.2) is 11.2 Å². The molecule has 3 rings (SSSR count). The summed E-state index contributed by atoms with van der Waals surface area (Å²) in [4.78, 5) is 55.0. The molecular formula is C22H27N5O4. The lowest BCUT2D eigenvalue weighted by atomic mass is 10.1. The van der Waals surface area contributed by atoms with Crippen molar-refractivity contribution in [1.82, 2.24) is 23.6 Å². The zero-order valence-corrected chi connectivity index (χ0v) is 18.2. The second kappa shape index (κ2) is 9.11. The van der Waals surface area contributed by atoms with Crippen molar-refractivity contribution < 1.29 is 9.59 Å². The van der Waals surface area contributed by atoms with Gasteiger partial charge in [0.2, 0.25) is 5.91 Å². The van der Waals surface area contributed by atoms with Crippen molar-refractivity contribution in [3.8, 4) is 0 Å². The Morgan fingerprint density at radius 1 is 1.10 bits per heavy atom. The number of fused-ring (bicyclic) bond motifs is 1. The van der Waals surface area contributed by atoms with E-state index in [0.29, 0.717) is 30.7 Å². The van der Waals surface area contributed by atoms with E-state index < -0.39 is 11.2 Å². The van der Waals surface area contributed by atoms with E-state index in [4.69, 9.17) is 0 Å². The number of nitrogens with zero attached hydrogens (tertiary/aromatic N) is 5. The molecule has 0 saturated carbocycles. The number of ketones is 1. The fraction of sp³-hybridized carbons (Fsp3) is 0.409. The van der Waals surface area contributed by atoms with E-state index in [0.717, 1.165) is 10.1 Å². The molecule has 9 nitrogen and oxygen atoms in total.